The summed E-state index contributed by atoms with van der Waals surface area (Å²) in [5.74, 6) is 0.645. The average Bonchev–Trinajstić information content (AvgIpc) is 2.60. The van der Waals surface area contributed by atoms with Crippen LogP contribution >= 0.6 is 0 Å². The Kier molecular flexibility index (Phi) is 7.11. The van der Waals surface area contributed by atoms with E-state index in [0.29, 0.717) is 11.5 Å². The second-order valence-electron chi connectivity index (χ2n) is 6.66. The summed E-state index contributed by atoms with van der Waals surface area (Å²) in [6.07, 6.45) is -0.380. The molecule has 0 unspecified atom stereocenters. The Labute approximate surface area is 173 Å². The summed E-state index contributed by atoms with van der Waals surface area (Å²) in [7, 11) is -6.01. The molecule has 0 aromatic heterocycles. The number of halogens is 4. The van der Waals surface area contributed by atoms with Crippen molar-refractivity contribution in [2.24, 2.45) is 0 Å². The molecule has 2 aromatic carbocycles. The number of hydrogen-bond donors (Lipinski definition) is 1. The van der Waals surface area contributed by atoms with E-state index in [1.807, 2.05) is 0 Å². The fourth-order valence-corrected chi connectivity index (χ4v) is 11.1. The molecule has 164 valence electrons. The first-order chi connectivity index (χ1) is 13.3. The first-order valence-electron chi connectivity index (χ1n) is 8.64. The van der Waals surface area contributed by atoms with Crippen molar-refractivity contribution in [2.45, 2.75) is 43.2 Å². The van der Waals surface area contributed by atoms with Gasteiger partial charge in [0, 0.05) is 0 Å². The van der Waals surface area contributed by atoms with Gasteiger partial charge < -0.3 is 0 Å². The molecule has 0 aliphatic heterocycles. The van der Waals surface area contributed by atoms with Gasteiger partial charge >= 0.3 is 174 Å². The van der Waals surface area contributed by atoms with E-state index in [-0.39, 0.29) is 12.2 Å². The monoisotopic (exact) mass is 547 g/mol. The number of benzene rings is 2. The summed E-state index contributed by atoms with van der Waals surface area (Å²) in [5.41, 5.74) is 0. The topological polar surface area (TPSA) is 72.8 Å². The van der Waals surface area contributed by atoms with Crippen molar-refractivity contribution in [3.8, 4) is 11.5 Å². The second-order valence-corrected chi connectivity index (χ2v) is 15.5. The Morgan fingerprint density at radius 1 is 0.828 bits per heavy atom. The number of ether oxygens (including phenoxy) is 2. The molecular weight excluding hydrogens is 524 g/mol. The molecule has 5 nitrogen and oxygen atoms in total. The van der Waals surface area contributed by atoms with Crippen molar-refractivity contribution < 1.29 is 53.1 Å². The van der Waals surface area contributed by atoms with Gasteiger partial charge in [0.25, 0.3) is 0 Å². The van der Waals surface area contributed by atoms with E-state index in [1.165, 1.54) is 24.3 Å². The predicted octanol–water partition coefficient (Wildman–Crippen LogP) is 1.78. The summed E-state index contributed by atoms with van der Waals surface area (Å²) in [6.45, 7) is 7.05. The van der Waals surface area contributed by atoms with Crippen molar-refractivity contribution in [2.75, 3.05) is 0 Å². The molecule has 0 atom stereocenters. The zero-order valence-corrected chi connectivity index (χ0v) is 19.2. The van der Waals surface area contributed by atoms with Crippen molar-refractivity contribution in [1.29, 1.82) is 0 Å². The van der Waals surface area contributed by atoms with Gasteiger partial charge in [0.05, 0.1) is 0 Å². The minimum atomic E-state index is -6.34. The van der Waals surface area contributed by atoms with Gasteiger partial charge in [-0.05, 0) is 0 Å². The van der Waals surface area contributed by atoms with Crippen LogP contribution in [0.3, 0.4) is 0 Å². The molecule has 0 heterocycles. The molecule has 0 aliphatic rings. The number of rotatable bonds is 8. The standard InChI is InChI=1S/C19H23F3IO5S/c1-13(2)27-17-9-5-15(6-10-17)23(22,19(20,21)29(24,25)26)16-7-11-18(12-8-16)28-14(3)4/h5-14H,1-4H3,(H,24,25,26)/q-1. The van der Waals surface area contributed by atoms with Crippen LogP contribution in [0.4, 0.5) is 11.6 Å². The molecule has 0 saturated carbocycles. The Hall–Kier alpha value is -1.53. The van der Waals surface area contributed by atoms with Crippen LogP contribution in [0.25, 0.3) is 0 Å². The van der Waals surface area contributed by atoms with Crippen LogP contribution in [0.1, 0.15) is 27.7 Å². The molecular formula is C19H23F3IO5S-. The Bertz CT molecular complexity index is 876. The van der Waals surface area contributed by atoms with Gasteiger partial charge in [-0.15, -0.1) is 0 Å². The average molecular weight is 547 g/mol. The van der Waals surface area contributed by atoms with Crippen molar-refractivity contribution in [3.05, 3.63) is 55.7 Å². The van der Waals surface area contributed by atoms with Gasteiger partial charge in [-0.3, -0.25) is 0 Å². The minimum absolute atomic E-state index is 0.190. The van der Waals surface area contributed by atoms with Gasteiger partial charge in [0.15, 0.2) is 0 Å². The molecule has 0 amide bonds. The van der Waals surface area contributed by atoms with Gasteiger partial charge in [0.2, 0.25) is 0 Å². The van der Waals surface area contributed by atoms with E-state index in [0.717, 1.165) is 24.3 Å². The van der Waals surface area contributed by atoms with Gasteiger partial charge in [-0.2, -0.15) is 0 Å². The van der Waals surface area contributed by atoms with Gasteiger partial charge in [-0.1, -0.05) is 0 Å². The third-order valence-corrected chi connectivity index (χ3v) is 13.9. The Morgan fingerprint density at radius 2 is 1.14 bits per heavy atom. The van der Waals surface area contributed by atoms with E-state index in [4.69, 9.17) is 14.0 Å². The third kappa shape index (κ3) is 4.97. The molecule has 0 aliphatic carbocycles. The fraction of sp³-hybridized carbons (Fsp3) is 0.368. The molecule has 0 radical (unpaired) electrons. The normalized spacial score (nSPS) is 13.6. The van der Waals surface area contributed by atoms with E-state index in [9.17, 15) is 17.2 Å². The molecule has 10 heteroatoms. The maximum absolute atomic E-state index is 16.1. The third-order valence-electron chi connectivity index (χ3n) is 3.57. The molecule has 0 bridgehead atoms. The summed E-state index contributed by atoms with van der Waals surface area (Å²) in [5, 5.41) is 0. The van der Waals surface area contributed by atoms with Gasteiger partial charge in [-0.25, -0.2) is 0 Å². The Balaban J connectivity index is 2.61. The van der Waals surface area contributed by atoms with E-state index < -0.39 is 39.5 Å². The summed E-state index contributed by atoms with van der Waals surface area (Å²) < 4.78 is 82.6. The van der Waals surface area contributed by atoms with Crippen molar-refractivity contribution in [1.82, 2.24) is 0 Å². The summed E-state index contributed by atoms with van der Waals surface area (Å²) in [6, 6.07) is 9.48. The summed E-state index contributed by atoms with van der Waals surface area (Å²) in [4.78, 5) is 0. The molecule has 0 saturated heterocycles. The van der Waals surface area contributed by atoms with Crippen molar-refractivity contribution >= 4 is 10.1 Å². The molecule has 1 N–H and O–H groups in total. The van der Waals surface area contributed by atoms with Crippen LogP contribution in [0.5, 0.6) is 11.5 Å². The van der Waals surface area contributed by atoms with E-state index >= 15 is 2.86 Å². The molecule has 2 rings (SSSR count). The summed E-state index contributed by atoms with van der Waals surface area (Å²) >= 11 is -6.34. The first-order valence-corrected chi connectivity index (χ1v) is 14.1. The first kappa shape index (κ1) is 23.7. The fourth-order valence-electron chi connectivity index (χ4n) is 2.43. The number of alkyl halides is 3. The molecule has 0 fully saturated rings. The maximum atomic E-state index is 16.1. The van der Waals surface area contributed by atoms with E-state index in [1.54, 1.807) is 27.7 Å². The van der Waals surface area contributed by atoms with Crippen LogP contribution in [0.2, 0.25) is 0 Å². The SMILES string of the molecule is CC(C)Oc1ccc([I-](F)(c2ccc(OC(C)C)cc2)C(F)(F)S(=O)(=O)O)cc1. The number of hydrogen-bond acceptors (Lipinski definition) is 4. The van der Waals surface area contributed by atoms with Crippen LogP contribution in [0.15, 0.2) is 48.5 Å². The second kappa shape index (κ2) is 8.68. The van der Waals surface area contributed by atoms with Crippen molar-refractivity contribution in [3.63, 3.8) is 0 Å². The van der Waals surface area contributed by atoms with Crippen LogP contribution in [0, 0.1) is 7.14 Å². The quantitative estimate of drug-likeness (QED) is 0.310. The van der Waals surface area contributed by atoms with Crippen LogP contribution in [-0.2, 0) is 10.1 Å². The van der Waals surface area contributed by atoms with Crippen LogP contribution < -0.4 is 28.5 Å². The van der Waals surface area contributed by atoms with E-state index in [2.05, 4.69) is 0 Å². The zero-order valence-electron chi connectivity index (χ0n) is 16.3. The van der Waals surface area contributed by atoms with Gasteiger partial charge in [0.1, 0.15) is 0 Å². The Morgan fingerprint density at radius 3 is 1.38 bits per heavy atom. The predicted molar refractivity (Wildman–Crippen MR) is 99.4 cm³/mol. The molecule has 0 spiro atoms. The molecule has 29 heavy (non-hydrogen) atoms. The zero-order chi connectivity index (χ0) is 22.0. The molecule has 2 aromatic rings. The van der Waals surface area contributed by atoms with Crippen LogP contribution in [-0.4, -0.2) is 28.4 Å².